The molecule has 0 spiro atoms. The average molecular weight is 532 g/mol. The Balaban J connectivity index is 1.72. The lowest BCUT2D eigenvalue weighted by atomic mass is 10.1. The summed E-state index contributed by atoms with van der Waals surface area (Å²) in [7, 11) is -3.56. The van der Waals surface area contributed by atoms with Gasteiger partial charge < -0.3 is 10.2 Å². The van der Waals surface area contributed by atoms with Crippen molar-refractivity contribution >= 4 is 27.5 Å². The number of nitrogens with zero attached hydrogens (tertiary/aromatic N) is 2. The number of hydrogen-bond donors (Lipinski definition) is 1. The molecule has 0 aliphatic heterocycles. The minimum absolute atomic E-state index is 0.0224. The molecule has 0 radical (unpaired) electrons. The van der Waals surface area contributed by atoms with E-state index >= 15 is 0 Å². The molecular weight excluding hydrogens is 493 g/mol. The van der Waals surface area contributed by atoms with Crippen LogP contribution in [0, 0.1) is 5.82 Å². The van der Waals surface area contributed by atoms with Crippen molar-refractivity contribution in [2.45, 2.75) is 77.4 Å². The first-order valence-electron chi connectivity index (χ1n) is 13.0. The molecule has 0 heterocycles. The molecule has 1 aliphatic carbocycles. The van der Waals surface area contributed by atoms with Crippen LogP contribution in [-0.2, 0) is 32.6 Å². The maximum atomic E-state index is 14.4. The second-order valence-electron chi connectivity index (χ2n) is 9.74. The molecule has 1 saturated carbocycles. The van der Waals surface area contributed by atoms with Crippen molar-refractivity contribution < 1.29 is 22.4 Å². The fourth-order valence-corrected chi connectivity index (χ4v) is 5.65. The van der Waals surface area contributed by atoms with Crippen molar-refractivity contribution in [2.75, 3.05) is 17.1 Å². The van der Waals surface area contributed by atoms with Gasteiger partial charge in [0.05, 0.1) is 11.9 Å². The van der Waals surface area contributed by atoms with E-state index in [1.54, 1.807) is 37.3 Å². The smallest absolute Gasteiger partial charge is 0.242 e. The number of benzene rings is 2. The van der Waals surface area contributed by atoms with E-state index in [-0.39, 0.29) is 43.8 Å². The number of hydrogen-bond acceptors (Lipinski definition) is 4. The molecule has 37 heavy (non-hydrogen) atoms. The lowest BCUT2D eigenvalue weighted by Crippen LogP contribution is -2.49. The molecule has 2 aromatic rings. The summed E-state index contributed by atoms with van der Waals surface area (Å²) in [6, 6.07) is 12.8. The number of sulfonamides is 1. The summed E-state index contributed by atoms with van der Waals surface area (Å²) in [6.45, 7) is 3.75. The fourth-order valence-electron chi connectivity index (χ4n) is 4.69. The Morgan fingerprint density at radius 3 is 2.32 bits per heavy atom. The van der Waals surface area contributed by atoms with Gasteiger partial charge in [0.2, 0.25) is 21.8 Å². The van der Waals surface area contributed by atoms with Gasteiger partial charge >= 0.3 is 0 Å². The normalized spacial score (nSPS) is 14.8. The largest absolute Gasteiger partial charge is 0.352 e. The Kier molecular flexibility index (Phi) is 10.1. The maximum absolute atomic E-state index is 14.4. The predicted octanol–water partition coefficient (Wildman–Crippen LogP) is 4.41. The van der Waals surface area contributed by atoms with Gasteiger partial charge in [-0.05, 0) is 56.4 Å². The Labute approximate surface area is 220 Å². The van der Waals surface area contributed by atoms with E-state index < -0.39 is 21.9 Å². The molecule has 2 aromatic carbocycles. The molecule has 3 rings (SSSR count). The lowest BCUT2D eigenvalue weighted by Gasteiger charge is -2.30. The number of carbonyl (C=O) groups is 2. The topological polar surface area (TPSA) is 86.8 Å². The molecule has 7 nitrogen and oxygen atoms in total. The van der Waals surface area contributed by atoms with Crippen LogP contribution in [0.5, 0.6) is 0 Å². The molecule has 1 N–H and O–H groups in total. The van der Waals surface area contributed by atoms with Crippen LogP contribution in [0.1, 0.15) is 63.5 Å². The Hall–Kier alpha value is -2.94. The van der Waals surface area contributed by atoms with Crippen LogP contribution in [0.25, 0.3) is 0 Å². The van der Waals surface area contributed by atoms with E-state index in [0.717, 1.165) is 43.9 Å². The summed E-state index contributed by atoms with van der Waals surface area (Å²) in [5, 5.41) is 3.03. The number of rotatable bonds is 12. The number of aryl methyl sites for hydroxylation is 1. The van der Waals surface area contributed by atoms with Gasteiger partial charge in [0.1, 0.15) is 11.9 Å². The van der Waals surface area contributed by atoms with Gasteiger partial charge in [-0.15, -0.1) is 0 Å². The number of halogens is 1. The highest BCUT2D eigenvalue weighted by atomic mass is 32.2. The minimum atomic E-state index is -3.56. The Morgan fingerprint density at radius 1 is 1.08 bits per heavy atom. The highest BCUT2D eigenvalue weighted by Gasteiger charge is 2.29. The van der Waals surface area contributed by atoms with Crippen LogP contribution in [-0.4, -0.2) is 50.0 Å². The average Bonchev–Trinajstić information content (AvgIpc) is 3.38. The monoisotopic (exact) mass is 531 g/mol. The first-order valence-corrected chi connectivity index (χ1v) is 14.8. The van der Waals surface area contributed by atoms with E-state index in [1.165, 1.54) is 15.3 Å². The summed E-state index contributed by atoms with van der Waals surface area (Å²) >= 11 is 0. The number of anilines is 1. The van der Waals surface area contributed by atoms with Gasteiger partial charge in [0, 0.05) is 31.1 Å². The van der Waals surface area contributed by atoms with Crippen molar-refractivity contribution in [3.63, 3.8) is 0 Å². The quantitative estimate of drug-likeness (QED) is 0.440. The number of nitrogens with one attached hydrogen (secondary N) is 1. The summed E-state index contributed by atoms with van der Waals surface area (Å²) in [4.78, 5) is 27.7. The highest BCUT2D eigenvalue weighted by molar-refractivity contribution is 7.92. The van der Waals surface area contributed by atoms with Crippen molar-refractivity contribution in [1.82, 2.24) is 10.2 Å². The Bertz CT molecular complexity index is 1160. The molecule has 0 unspecified atom stereocenters. The third kappa shape index (κ3) is 8.02. The zero-order chi connectivity index (χ0) is 27.0. The number of carbonyl (C=O) groups excluding carboxylic acids is 2. The molecule has 0 saturated heterocycles. The van der Waals surface area contributed by atoms with Gasteiger partial charge in [-0.3, -0.25) is 13.9 Å². The zero-order valence-corrected chi connectivity index (χ0v) is 22.8. The van der Waals surface area contributed by atoms with Crippen molar-refractivity contribution in [3.8, 4) is 0 Å². The summed E-state index contributed by atoms with van der Waals surface area (Å²) in [5.41, 5.74) is 1.96. The Morgan fingerprint density at radius 2 is 1.73 bits per heavy atom. The van der Waals surface area contributed by atoms with Crippen LogP contribution in [0.4, 0.5) is 10.1 Å². The van der Waals surface area contributed by atoms with Crippen LogP contribution in [0.15, 0.2) is 48.5 Å². The summed E-state index contributed by atoms with van der Waals surface area (Å²) in [5.74, 6) is -1.03. The van der Waals surface area contributed by atoms with Gasteiger partial charge in [-0.2, -0.15) is 0 Å². The van der Waals surface area contributed by atoms with Crippen LogP contribution < -0.4 is 9.62 Å². The van der Waals surface area contributed by atoms with Crippen molar-refractivity contribution in [1.29, 1.82) is 0 Å². The summed E-state index contributed by atoms with van der Waals surface area (Å²) in [6.07, 6.45) is 6.23. The molecule has 9 heteroatoms. The molecular formula is C28H38FN3O4S. The van der Waals surface area contributed by atoms with Gasteiger partial charge in [0.15, 0.2) is 0 Å². The highest BCUT2D eigenvalue weighted by Crippen LogP contribution is 2.21. The van der Waals surface area contributed by atoms with Crippen molar-refractivity contribution in [2.24, 2.45) is 0 Å². The first kappa shape index (κ1) is 28.6. The zero-order valence-electron chi connectivity index (χ0n) is 22.0. The second-order valence-corrected chi connectivity index (χ2v) is 11.6. The molecule has 1 atom stereocenters. The van der Waals surface area contributed by atoms with Crippen LogP contribution in [0.2, 0.25) is 0 Å². The SMILES string of the molecule is CCc1ccc(N(CCCC(=O)N(Cc2ccccc2F)[C@H](C)C(=O)NC2CCCC2)S(C)(=O)=O)cc1. The molecule has 2 amide bonds. The van der Waals surface area contributed by atoms with E-state index in [4.69, 9.17) is 0 Å². The number of amides is 2. The third-order valence-corrected chi connectivity index (χ3v) is 8.15. The van der Waals surface area contributed by atoms with Crippen LogP contribution in [0.3, 0.4) is 0 Å². The predicted molar refractivity (Wildman–Crippen MR) is 144 cm³/mol. The fraction of sp³-hybridized carbons (Fsp3) is 0.500. The van der Waals surface area contributed by atoms with Gasteiger partial charge in [-0.1, -0.05) is 50.1 Å². The molecule has 0 bridgehead atoms. The van der Waals surface area contributed by atoms with Crippen molar-refractivity contribution in [3.05, 3.63) is 65.5 Å². The minimum Gasteiger partial charge on any atom is -0.352 e. The molecule has 1 fully saturated rings. The van der Waals surface area contributed by atoms with Gasteiger partial charge in [0.25, 0.3) is 0 Å². The lowest BCUT2D eigenvalue weighted by molar-refractivity contribution is -0.141. The summed E-state index contributed by atoms with van der Waals surface area (Å²) < 4.78 is 40.7. The standard InChI is InChI=1S/C28H38FN3O4S/c1-4-22-15-17-25(18-16-22)32(37(3,35)36)19-9-14-27(33)31(20-23-10-5-8-13-26(23)29)21(2)28(34)30-24-11-6-7-12-24/h5,8,10,13,15-18,21,24H,4,6-7,9,11-12,14,19-20H2,1-3H3,(H,30,34)/t21-/m1/s1. The molecule has 0 aromatic heterocycles. The van der Waals surface area contributed by atoms with Crippen LogP contribution >= 0.6 is 0 Å². The van der Waals surface area contributed by atoms with E-state index in [1.807, 2.05) is 19.1 Å². The molecule has 202 valence electrons. The molecule has 1 aliphatic rings. The van der Waals surface area contributed by atoms with E-state index in [2.05, 4.69) is 5.32 Å². The van der Waals surface area contributed by atoms with Gasteiger partial charge in [-0.25, -0.2) is 12.8 Å². The van der Waals surface area contributed by atoms with E-state index in [0.29, 0.717) is 11.3 Å². The third-order valence-electron chi connectivity index (χ3n) is 6.95. The second kappa shape index (κ2) is 13.0. The maximum Gasteiger partial charge on any atom is 0.242 e. The van der Waals surface area contributed by atoms with E-state index in [9.17, 15) is 22.4 Å². The first-order chi connectivity index (χ1) is 17.6.